The van der Waals surface area contributed by atoms with Gasteiger partial charge in [0.2, 0.25) is 0 Å². The van der Waals surface area contributed by atoms with Crippen LogP contribution in [-0.2, 0) is 31.8 Å². The van der Waals surface area contributed by atoms with Crippen molar-refractivity contribution in [1.82, 2.24) is 4.90 Å². The Morgan fingerprint density at radius 3 is 2.52 bits per heavy atom. The number of carbonyl (C=O) groups is 2. The van der Waals surface area contributed by atoms with Gasteiger partial charge in [-0.15, -0.1) is 0 Å². The molecule has 44 heavy (non-hydrogen) atoms. The van der Waals surface area contributed by atoms with E-state index in [4.69, 9.17) is 14.2 Å². The first-order valence-electron chi connectivity index (χ1n) is 16.0. The Bertz CT molecular complexity index is 1310. The zero-order chi connectivity index (χ0) is 31.7. The summed E-state index contributed by atoms with van der Waals surface area (Å²) in [7, 11) is 8.54. The van der Waals surface area contributed by atoms with E-state index in [-0.39, 0.29) is 19.8 Å². The lowest BCUT2D eigenvalue weighted by molar-refractivity contribution is -0.890. The number of unbranched alkanes of at least 4 members (excludes halogenated alkanes) is 2. The molecule has 0 fully saturated rings. The van der Waals surface area contributed by atoms with Crippen LogP contribution in [-0.4, -0.2) is 101 Å². The number of aliphatic hydroxyl groups is 1. The highest BCUT2D eigenvalue weighted by Gasteiger charge is 2.36. The molecule has 0 radical (unpaired) electrons. The topological polar surface area (TPSA) is 85.3 Å². The van der Waals surface area contributed by atoms with E-state index in [0.29, 0.717) is 12.3 Å². The molecule has 0 aromatic heterocycles. The number of hydrogen-bond donors (Lipinski definition) is 1. The molecular weight excluding hydrogens is 556 g/mol. The van der Waals surface area contributed by atoms with Crippen LogP contribution >= 0.6 is 0 Å². The zero-order valence-electron chi connectivity index (χ0n) is 27.3. The third kappa shape index (κ3) is 8.71. The number of aryl methyl sites for hydroxylation is 1. The predicted molar refractivity (Wildman–Crippen MR) is 173 cm³/mol. The van der Waals surface area contributed by atoms with Crippen LogP contribution in [0.4, 0.5) is 4.79 Å². The molecular formula is C36H51N2O6+. The third-order valence-corrected chi connectivity index (χ3v) is 8.95. The normalized spacial score (nSPS) is 17.8. The SMILES string of the molecule is CN(C)CC[N+](C)(C)CCCCOC(=O)C(C)(CO)COC(=O)OCCCCc1ccc2c3c1C=CC1=CC=CC(=CC2)C13. The number of rotatable bonds is 17. The van der Waals surface area contributed by atoms with E-state index < -0.39 is 24.1 Å². The molecule has 4 rings (SSSR count). The summed E-state index contributed by atoms with van der Waals surface area (Å²) in [6.07, 6.45) is 17.7. The Balaban J connectivity index is 1.13. The number of benzene rings is 1. The molecule has 8 heteroatoms. The van der Waals surface area contributed by atoms with Gasteiger partial charge in [0.1, 0.15) is 12.0 Å². The minimum Gasteiger partial charge on any atom is -0.465 e. The van der Waals surface area contributed by atoms with Crippen molar-refractivity contribution in [2.24, 2.45) is 5.41 Å². The highest BCUT2D eigenvalue weighted by Crippen LogP contribution is 2.46. The third-order valence-electron chi connectivity index (χ3n) is 8.95. The minimum absolute atomic E-state index is 0.228. The Hall–Kier alpha value is -3.20. The van der Waals surface area contributed by atoms with Crippen molar-refractivity contribution in [2.45, 2.75) is 51.4 Å². The van der Waals surface area contributed by atoms with Gasteiger partial charge in [0.05, 0.1) is 47.0 Å². The van der Waals surface area contributed by atoms with Crippen molar-refractivity contribution in [1.29, 1.82) is 0 Å². The minimum atomic E-state index is -1.33. The number of aliphatic hydroxyl groups excluding tert-OH is 1. The monoisotopic (exact) mass is 607 g/mol. The second-order valence-electron chi connectivity index (χ2n) is 13.5. The molecule has 0 spiro atoms. The summed E-state index contributed by atoms with van der Waals surface area (Å²) in [6.45, 7) is 4.28. The summed E-state index contributed by atoms with van der Waals surface area (Å²) < 4.78 is 16.8. The van der Waals surface area contributed by atoms with Crippen molar-refractivity contribution < 1.29 is 33.4 Å². The molecule has 0 saturated heterocycles. The van der Waals surface area contributed by atoms with E-state index >= 15 is 0 Å². The lowest BCUT2D eigenvalue weighted by Gasteiger charge is -2.34. The fourth-order valence-electron chi connectivity index (χ4n) is 5.96. The average molecular weight is 608 g/mol. The number of carbonyl (C=O) groups excluding carboxylic acids is 2. The number of hydrogen-bond acceptors (Lipinski definition) is 7. The summed E-state index contributed by atoms with van der Waals surface area (Å²) in [5.41, 5.74) is 6.92. The highest BCUT2D eigenvalue weighted by molar-refractivity contribution is 5.77. The second kappa shape index (κ2) is 15.2. The van der Waals surface area contributed by atoms with Gasteiger partial charge in [-0.2, -0.15) is 0 Å². The number of likely N-dealkylation sites (N-methyl/N-ethyl adjacent to an activating group) is 2. The van der Waals surface area contributed by atoms with E-state index in [9.17, 15) is 14.7 Å². The van der Waals surface area contributed by atoms with E-state index in [1.54, 1.807) is 0 Å². The van der Waals surface area contributed by atoms with Crippen LogP contribution in [0.3, 0.4) is 0 Å². The first kappa shape index (κ1) is 33.7. The molecule has 3 aliphatic carbocycles. The van der Waals surface area contributed by atoms with Gasteiger partial charge in [-0.1, -0.05) is 48.6 Å². The maximum atomic E-state index is 12.7. The van der Waals surface area contributed by atoms with Gasteiger partial charge >= 0.3 is 12.1 Å². The molecule has 0 heterocycles. The molecule has 0 bridgehead atoms. The molecule has 1 aromatic carbocycles. The lowest BCUT2D eigenvalue weighted by atomic mass is 9.70. The fraction of sp³-hybridized carbons (Fsp3) is 0.556. The molecule has 1 aromatic rings. The van der Waals surface area contributed by atoms with Crippen LogP contribution in [0.2, 0.25) is 0 Å². The summed E-state index contributed by atoms with van der Waals surface area (Å²) in [6, 6.07) is 4.50. The number of allylic oxidation sites excluding steroid dienone is 7. The lowest BCUT2D eigenvalue weighted by Crippen LogP contribution is -2.45. The van der Waals surface area contributed by atoms with Crippen LogP contribution in [0, 0.1) is 5.41 Å². The van der Waals surface area contributed by atoms with Crippen molar-refractivity contribution in [3.63, 3.8) is 0 Å². The van der Waals surface area contributed by atoms with E-state index in [2.05, 4.69) is 81.7 Å². The van der Waals surface area contributed by atoms with Gasteiger partial charge in [0.15, 0.2) is 0 Å². The van der Waals surface area contributed by atoms with Gasteiger partial charge in [0.25, 0.3) is 0 Å². The Morgan fingerprint density at radius 1 is 0.977 bits per heavy atom. The number of nitrogens with zero attached hydrogens (tertiary/aromatic N) is 2. The Labute approximate surface area is 263 Å². The highest BCUT2D eigenvalue weighted by atomic mass is 16.7. The first-order valence-corrected chi connectivity index (χ1v) is 16.0. The van der Waals surface area contributed by atoms with E-state index in [1.807, 2.05) is 0 Å². The largest absolute Gasteiger partial charge is 0.508 e. The number of esters is 1. The Kier molecular flexibility index (Phi) is 11.6. The first-order chi connectivity index (χ1) is 21.0. The molecule has 2 unspecified atom stereocenters. The summed E-state index contributed by atoms with van der Waals surface area (Å²) in [4.78, 5) is 27.1. The smallest absolute Gasteiger partial charge is 0.465 e. The van der Waals surface area contributed by atoms with Gasteiger partial charge in [0, 0.05) is 12.5 Å². The molecule has 0 saturated carbocycles. The molecule has 1 N–H and O–H groups in total. The van der Waals surface area contributed by atoms with Gasteiger partial charge in [-0.05, 0) is 92.9 Å². The van der Waals surface area contributed by atoms with Crippen LogP contribution < -0.4 is 0 Å². The van der Waals surface area contributed by atoms with Crippen molar-refractivity contribution in [3.05, 3.63) is 75.9 Å². The Morgan fingerprint density at radius 2 is 1.75 bits per heavy atom. The average Bonchev–Trinajstić information content (AvgIpc) is 3.01. The predicted octanol–water partition coefficient (Wildman–Crippen LogP) is 5.21. The van der Waals surface area contributed by atoms with Gasteiger partial charge in [-0.25, -0.2) is 4.79 Å². The molecule has 0 amide bonds. The second-order valence-corrected chi connectivity index (χ2v) is 13.5. The van der Waals surface area contributed by atoms with Crippen LogP contribution in [0.1, 0.15) is 60.8 Å². The van der Waals surface area contributed by atoms with Crippen LogP contribution in [0.15, 0.2) is 53.7 Å². The maximum Gasteiger partial charge on any atom is 0.508 e. The molecule has 0 aliphatic heterocycles. The van der Waals surface area contributed by atoms with Crippen molar-refractivity contribution >= 4 is 18.2 Å². The van der Waals surface area contributed by atoms with Crippen LogP contribution in [0.25, 0.3) is 6.08 Å². The van der Waals surface area contributed by atoms with Crippen molar-refractivity contribution in [3.8, 4) is 0 Å². The molecule has 240 valence electrons. The molecule has 8 nitrogen and oxygen atoms in total. The number of quaternary nitrogens is 1. The van der Waals surface area contributed by atoms with Gasteiger partial charge in [-0.3, -0.25) is 4.79 Å². The fourth-order valence-corrected chi connectivity index (χ4v) is 5.96. The summed E-state index contributed by atoms with van der Waals surface area (Å²) >= 11 is 0. The molecule has 2 atom stereocenters. The quantitative estimate of drug-likeness (QED) is 0.148. The maximum absolute atomic E-state index is 12.7. The number of ether oxygens (including phenoxy) is 3. The zero-order valence-corrected chi connectivity index (χ0v) is 27.3. The summed E-state index contributed by atoms with van der Waals surface area (Å²) in [5, 5.41) is 9.87. The molecule has 3 aliphatic rings. The van der Waals surface area contributed by atoms with E-state index in [1.165, 1.54) is 40.3 Å². The van der Waals surface area contributed by atoms with Gasteiger partial charge < -0.3 is 28.7 Å². The summed E-state index contributed by atoms with van der Waals surface area (Å²) in [5.74, 6) is -0.231. The van der Waals surface area contributed by atoms with Crippen molar-refractivity contribution in [2.75, 3.05) is 74.3 Å². The van der Waals surface area contributed by atoms with E-state index in [0.717, 1.165) is 56.2 Å². The van der Waals surface area contributed by atoms with Crippen LogP contribution in [0.5, 0.6) is 0 Å². The standard InChI is InChI=1S/C36H51N2O6/c1-36(25-39,34(40)42-23-9-7-21-38(4,5)22-20-37(2)3)26-44-35(41)43-24-8-6-11-27-14-15-30-17-16-28-12-10-13-29-18-19-31(27)33(30)32(28)29/h10,12-16,18-19,32,39H,6-9,11,17,20-26H2,1-5H3/q+1.